The second-order valence-corrected chi connectivity index (χ2v) is 6.36. The van der Waals surface area contributed by atoms with E-state index < -0.39 is 0 Å². The zero-order valence-corrected chi connectivity index (χ0v) is 13.9. The van der Waals surface area contributed by atoms with Gasteiger partial charge in [-0.2, -0.15) is 5.26 Å². The van der Waals surface area contributed by atoms with E-state index in [1.165, 1.54) is 11.3 Å². The van der Waals surface area contributed by atoms with Crippen molar-refractivity contribution in [3.8, 4) is 16.6 Å². The molecule has 1 atom stereocenters. The molecular weight excluding hydrogens is 318 g/mol. The largest absolute Gasteiger partial charge is 0.345 e. The van der Waals surface area contributed by atoms with E-state index in [4.69, 9.17) is 5.26 Å². The van der Waals surface area contributed by atoms with E-state index in [9.17, 15) is 4.79 Å². The molecule has 0 spiro atoms. The van der Waals surface area contributed by atoms with Gasteiger partial charge in [-0.3, -0.25) is 4.79 Å². The minimum Gasteiger partial charge on any atom is -0.345 e. The van der Waals surface area contributed by atoms with Crippen LogP contribution in [0.5, 0.6) is 0 Å². The molecule has 0 saturated heterocycles. The molecule has 1 unspecified atom stereocenters. The Labute approximate surface area is 144 Å². The van der Waals surface area contributed by atoms with Gasteiger partial charge in [0, 0.05) is 5.56 Å². The van der Waals surface area contributed by atoms with Crippen LogP contribution in [0.25, 0.3) is 10.6 Å². The third kappa shape index (κ3) is 3.50. The Hall–Kier alpha value is -2.97. The van der Waals surface area contributed by atoms with Crippen LogP contribution in [0.3, 0.4) is 0 Å². The van der Waals surface area contributed by atoms with Crippen LogP contribution in [-0.2, 0) is 0 Å². The smallest absolute Gasteiger partial charge is 0.263 e. The Balaban J connectivity index is 1.70. The topological polar surface area (TPSA) is 65.8 Å². The number of carbonyl (C=O) groups excluding carboxylic acids is 1. The van der Waals surface area contributed by atoms with Crippen molar-refractivity contribution in [3.63, 3.8) is 0 Å². The van der Waals surface area contributed by atoms with E-state index in [0.29, 0.717) is 10.4 Å². The van der Waals surface area contributed by atoms with Crippen LogP contribution in [0, 0.1) is 11.3 Å². The molecule has 1 amide bonds. The number of amides is 1. The lowest BCUT2D eigenvalue weighted by atomic mass is 10.1. The average molecular weight is 333 g/mol. The Morgan fingerprint density at radius 2 is 1.88 bits per heavy atom. The molecular formula is C19H15N3OS. The van der Waals surface area contributed by atoms with Crippen LogP contribution in [0.1, 0.15) is 33.8 Å². The number of carbonyl (C=O) groups is 1. The Morgan fingerprint density at radius 3 is 2.54 bits per heavy atom. The molecule has 0 aliphatic carbocycles. The molecule has 3 aromatic rings. The minimum absolute atomic E-state index is 0.146. The molecule has 24 heavy (non-hydrogen) atoms. The number of thiazole rings is 1. The van der Waals surface area contributed by atoms with Crippen molar-refractivity contribution in [1.29, 1.82) is 5.26 Å². The molecule has 0 aliphatic rings. The predicted octanol–water partition coefficient (Wildman–Crippen LogP) is 4.17. The van der Waals surface area contributed by atoms with Crippen molar-refractivity contribution < 1.29 is 4.79 Å². The lowest BCUT2D eigenvalue weighted by Crippen LogP contribution is -2.25. The number of rotatable bonds is 4. The van der Waals surface area contributed by atoms with E-state index >= 15 is 0 Å². The SMILES string of the molecule is CC(NC(=O)c1cnc(-c2ccccc2)s1)c1ccc(C#N)cc1. The van der Waals surface area contributed by atoms with Gasteiger partial charge in [-0.1, -0.05) is 42.5 Å². The first-order valence-corrected chi connectivity index (χ1v) is 8.31. The molecule has 4 nitrogen and oxygen atoms in total. The van der Waals surface area contributed by atoms with Gasteiger partial charge in [0.25, 0.3) is 5.91 Å². The second kappa shape index (κ2) is 7.07. The summed E-state index contributed by atoms with van der Waals surface area (Å²) in [5.74, 6) is -0.147. The normalized spacial score (nSPS) is 11.5. The van der Waals surface area contributed by atoms with Gasteiger partial charge in [0.05, 0.1) is 23.9 Å². The highest BCUT2D eigenvalue weighted by Gasteiger charge is 2.15. The van der Waals surface area contributed by atoms with Crippen molar-refractivity contribution in [3.05, 3.63) is 76.8 Å². The Kier molecular flexibility index (Phi) is 4.69. The first-order chi connectivity index (χ1) is 11.7. The van der Waals surface area contributed by atoms with E-state index in [2.05, 4.69) is 16.4 Å². The average Bonchev–Trinajstić information content (AvgIpc) is 3.13. The summed E-state index contributed by atoms with van der Waals surface area (Å²) >= 11 is 1.37. The summed E-state index contributed by atoms with van der Waals surface area (Å²) in [5, 5.41) is 12.6. The highest BCUT2D eigenvalue weighted by molar-refractivity contribution is 7.16. The van der Waals surface area contributed by atoms with Crippen LogP contribution in [0.2, 0.25) is 0 Å². The monoisotopic (exact) mass is 333 g/mol. The number of hydrogen-bond donors (Lipinski definition) is 1. The van der Waals surface area contributed by atoms with Gasteiger partial charge in [0.2, 0.25) is 0 Å². The number of nitrogens with one attached hydrogen (secondary N) is 1. The first kappa shape index (κ1) is 15.9. The number of benzene rings is 2. The number of hydrogen-bond acceptors (Lipinski definition) is 4. The molecule has 0 bridgehead atoms. The van der Waals surface area contributed by atoms with Crippen molar-refractivity contribution in [2.75, 3.05) is 0 Å². The second-order valence-electron chi connectivity index (χ2n) is 5.32. The summed E-state index contributed by atoms with van der Waals surface area (Å²) in [6, 6.07) is 18.9. The summed E-state index contributed by atoms with van der Waals surface area (Å²) in [4.78, 5) is 17.3. The van der Waals surface area contributed by atoms with Gasteiger partial charge in [-0.05, 0) is 24.6 Å². The van der Waals surface area contributed by atoms with Gasteiger partial charge >= 0.3 is 0 Å². The molecule has 0 radical (unpaired) electrons. The van der Waals surface area contributed by atoms with Gasteiger partial charge in [0.15, 0.2) is 0 Å². The molecule has 0 aliphatic heterocycles. The third-order valence-electron chi connectivity index (χ3n) is 3.64. The number of nitriles is 1. The van der Waals surface area contributed by atoms with Gasteiger partial charge in [-0.25, -0.2) is 4.98 Å². The Bertz CT molecular complexity index is 879. The van der Waals surface area contributed by atoms with Crippen LogP contribution >= 0.6 is 11.3 Å². The fourth-order valence-corrected chi connectivity index (χ4v) is 3.12. The lowest BCUT2D eigenvalue weighted by Gasteiger charge is -2.13. The number of aromatic nitrogens is 1. The van der Waals surface area contributed by atoms with Crippen molar-refractivity contribution >= 4 is 17.2 Å². The quantitative estimate of drug-likeness (QED) is 0.779. The summed E-state index contributed by atoms with van der Waals surface area (Å²) in [5.41, 5.74) is 2.56. The Morgan fingerprint density at radius 1 is 1.17 bits per heavy atom. The maximum atomic E-state index is 12.4. The minimum atomic E-state index is -0.147. The van der Waals surface area contributed by atoms with Crippen LogP contribution in [-0.4, -0.2) is 10.9 Å². The predicted molar refractivity (Wildman–Crippen MR) is 94.6 cm³/mol. The molecule has 1 heterocycles. The van der Waals surface area contributed by atoms with Crippen LogP contribution < -0.4 is 5.32 Å². The molecule has 3 rings (SSSR count). The molecule has 0 saturated carbocycles. The lowest BCUT2D eigenvalue weighted by molar-refractivity contribution is 0.0944. The fourth-order valence-electron chi connectivity index (χ4n) is 2.29. The van der Waals surface area contributed by atoms with Crippen molar-refractivity contribution in [2.45, 2.75) is 13.0 Å². The number of nitrogens with zero attached hydrogens (tertiary/aromatic N) is 2. The molecule has 1 aromatic heterocycles. The molecule has 1 N–H and O–H groups in total. The van der Waals surface area contributed by atoms with E-state index in [0.717, 1.165) is 16.1 Å². The molecule has 0 fully saturated rings. The zero-order valence-electron chi connectivity index (χ0n) is 13.1. The maximum Gasteiger partial charge on any atom is 0.263 e. The first-order valence-electron chi connectivity index (χ1n) is 7.49. The molecule has 5 heteroatoms. The van der Waals surface area contributed by atoms with Crippen LogP contribution in [0.4, 0.5) is 0 Å². The van der Waals surface area contributed by atoms with Crippen molar-refractivity contribution in [1.82, 2.24) is 10.3 Å². The molecule has 118 valence electrons. The zero-order chi connectivity index (χ0) is 16.9. The fraction of sp³-hybridized carbons (Fsp3) is 0.105. The van der Waals surface area contributed by atoms with E-state index in [-0.39, 0.29) is 11.9 Å². The van der Waals surface area contributed by atoms with Crippen LogP contribution in [0.15, 0.2) is 60.8 Å². The summed E-state index contributed by atoms with van der Waals surface area (Å²) in [6.07, 6.45) is 1.60. The summed E-state index contributed by atoms with van der Waals surface area (Å²) in [6.45, 7) is 1.92. The highest BCUT2D eigenvalue weighted by Crippen LogP contribution is 2.25. The van der Waals surface area contributed by atoms with E-state index in [1.807, 2.05) is 49.4 Å². The van der Waals surface area contributed by atoms with Crippen molar-refractivity contribution in [2.24, 2.45) is 0 Å². The highest BCUT2D eigenvalue weighted by atomic mass is 32.1. The third-order valence-corrected chi connectivity index (χ3v) is 4.68. The maximum absolute atomic E-state index is 12.4. The summed E-state index contributed by atoms with van der Waals surface area (Å²) < 4.78 is 0. The van der Waals surface area contributed by atoms with Gasteiger partial charge in [0.1, 0.15) is 9.88 Å². The standard InChI is InChI=1S/C19H15N3OS/c1-13(15-9-7-14(11-20)8-10-15)22-18(23)17-12-21-19(24-17)16-5-3-2-4-6-16/h2-10,12-13H,1H3,(H,22,23). The summed E-state index contributed by atoms with van der Waals surface area (Å²) in [7, 11) is 0. The molecule has 2 aromatic carbocycles. The van der Waals surface area contributed by atoms with Gasteiger partial charge in [-0.15, -0.1) is 11.3 Å². The van der Waals surface area contributed by atoms with E-state index in [1.54, 1.807) is 18.3 Å². The van der Waals surface area contributed by atoms with Gasteiger partial charge < -0.3 is 5.32 Å².